The van der Waals surface area contributed by atoms with Crippen LogP contribution in [-0.2, 0) is 6.61 Å². The predicted octanol–water partition coefficient (Wildman–Crippen LogP) is 3.67. The van der Waals surface area contributed by atoms with Gasteiger partial charge in [0.15, 0.2) is 0 Å². The molecular weight excluding hydrogens is 285 g/mol. The summed E-state index contributed by atoms with van der Waals surface area (Å²) in [7, 11) is 0. The number of rotatable bonds is 4. The minimum atomic E-state index is -0.575. The Morgan fingerprint density at radius 3 is 2.32 bits per heavy atom. The SMILES string of the molecule is NC(=O)c1cc(Cl)ccc1OCc1ccc(Cl)cc1. The average Bonchev–Trinajstić information content (AvgIpc) is 2.39. The highest BCUT2D eigenvalue weighted by Crippen LogP contribution is 2.23. The van der Waals surface area contributed by atoms with Crippen molar-refractivity contribution in [3.63, 3.8) is 0 Å². The first kappa shape index (κ1) is 13.7. The molecule has 0 radical (unpaired) electrons. The third-order valence-corrected chi connectivity index (χ3v) is 3.00. The molecule has 0 saturated carbocycles. The van der Waals surface area contributed by atoms with Gasteiger partial charge in [-0.1, -0.05) is 35.3 Å². The number of carbonyl (C=O) groups is 1. The Kier molecular flexibility index (Phi) is 4.30. The van der Waals surface area contributed by atoms with E-state index in [2.05, 4.69) is 0 Å². The van der Waals surface area contributed by atoms with Gasteiger partial charge in [0.1, 0.15) is 12.4 Å². The first-order valence-electron chi connectivity index (χ1n) is 5.53. The zero-order valence-corrected chi connectivity index (χ0v) is 11.4. The van der Waals surface area contributed by atoms with Crippen LogP contribution in [0.15, 0.2) is 42.5 Å². The van der Waals surface area contributed by atoms with E-state index in [0.717, 1.165) is 5.56 Å². The van der Waals surface area contributed by atoms with Gasteiger partial charge in [0, 0.05) is 10.0 Å². The van der Waals surface area contributed by atoms with Gasteiger partial charge in [-0.3, -0.25) is 4.79 Å². The van der Waals surface area contributed by atoms with Crippen molar-refractivity contribution in [1.82, 2.24) is 0 Å². The van der Waals surface area contributed by atoms with Crippen LogP contribution >= 0.6 is 23.2 Å². The molecule has 2 aromatic carbocycles. The number of carbonyl (C=O) groups excluding carboxylic acids is 1. The van der Waals surface area contributed by atoms with Gasteiger partial charge in [-0.2, -0.15) is 0 Å². The average molecular weight is 296 g/mol. The maximum atomic E-state index is 11.3. The molecule has 0 aliphatic carbocycles. The number of benzene rings is 2. The van der Waals surface area contributed by atoms with E-state index in [9.17, 15) is 4.79 Å². The number of amides is 1. The lowest BCUT2D eigenvalue weighted by atomic mass is 10.2. The number of nitrogens with two attached hydrogens (primary N) is 1. The van der Waals surface area contributed by atoms with E-state index in [4.69, 9.17) is 33.7 Å². The van der Waals surface area contributed by atoms with E-state index in [1.807, 2.05) is 12.1 Å². The van der Waals surface area contributed by atoms with Gasteiger partial charge in [-0.25, -0.2) is 0 Å². The minimum absolute atomic E-state index is 0.265. The largest absolute Gasteiger partial charge is 0.488 e. The Morgan fingerprint density at radius 1 is 1.05 bits per heavy atom. The van der Waals surface area contributed by atoms with E-state index in [-0.39, 0.29) is 5.56 Å². The van der Waals surface area contributed by atoms with Crippen LogP contribution in [0.3, 0.4) is 0 Å². The molecule has 0 saturated heterocycles. The topological polar surface area (TPSA) is 52.3 Å². The summed E-state index contributed by atoms with van der Waals surface area (Å²) < 4.78 is 5.58. The van der Waals surface area contributed by atoms with E-state index >= 15 is 0 Å². The van der Waals surface area contributed by atoms with Crippen molar-refractivity contribution in [3.8, 4) is 5.75 Å². The normalized spacial score (nSPS) is 10.2. The molecule has 0 bridgehead atoms. The molecule has 5 heteroatoms. The molecule has 0 fully saturated rings. The van der Waals surface area contributed by atoms with Gasteiger partial charge in [-0.15, -0.1) is 0 Å². The Balaban J connectivity index is 2.15. The van der Waals surface area contributed by atoms with Crippen LogP contribution in [-0.4, -0.2) is 5.91 Å². The van der Waals surface area contributed by atoms with Crippen molar-refractivity contribution in [2.24, 2.45) is 5.73 Å². The summed E-state index contributed by atoms with van der Waals surface area (Å²) in [6.45, 7) is 0.319. The number of halogens is 2. The maximum Gasteiger partial charge on any atom is 0.252 e. The first-order valence-corrected chi connectivity index (χ1v) is 6.28. The van der Waals surface area contributed by atoms with E-state index in [1.165, 1.54) is 6.07 Å². The molecule has 0 aromatic heterocycles. The van der Waals surface area contributed by atoms with Crippen LogP contribution in [0.1, 0.15) is 15.9 Å². The second kappa shape index (κ2) is 5.95. The highest BCUT2D eigenvalue weighted by molar-refractivity contribution is 6.31. The molecule has 0 aliphatic heterocycles. The number of ether oxygens (including phenoxy) is 1. The number of hydrogen-bond acceptors (Lipinski definition) is 2. The second-order valence-corrected chi connectivity index (χ2v) is 4.79. The first-order chi connectivity index (χ1) is 9.06. The second-order valence-electron chi connectivity index (χ2n) is 3.92. The molecule has 0 unspecified atom stereocenters. The molecular formula is C14H11Cl2NO2. The van der Waals surface area contributed by atoms with Crippen LogP contribution in [0.25, 0.3) is 0 Å². The zero-order valence-electron chi connectivity index (χ0n) is 9.90. The predicted molar refractivity (Wildman–Crippen MR) is 75.8 cm³/mol. The summed E-state index contributed by atoms with van der Waals surface area (Å²) in [5.74, 6) is -0.166. The van der Waals surface area contributed by atoms with Gasteiger partial charge in [0.25, 0.3) is 5.91 Å². The van der Waals surface area contributed by atoms with Crippen molar-refractivity contribution in [3.05, 3.63) is 63.6 Å². The Hall–Kier alpha value is -1.71. The molecule has 0 spiro atoms. The monoisotopic (exact) mass is 295 g/mol. The molecule has 2 aromatic rings. The Morgan fingerprint density at radius 2 is 1.68 bits per heavy atom. The van der Waals surface area contributed by atoms with E-state index in [1.54, 1.807) is 24.3 Å². The van der Waals surface area contributed by atoms with Crippen LogP contribution in [0.2, 0.25) is 10.0 Å². The fraction of sp³-hybridized carbons (Fsp3) is 0.0714. The molecule has 2 N–H and O–H groups in total. The smallest absolute Gasteiger partial charge is 0.252 e. The summed E-state index contributed by atoms with van der Waals surface area (Å²) in [6, 6.07) is 12.0. The number of hydrogen-bond donors (Lipinski definition) is 1. The standard InChI is InChI=1S/C14H11Cl2NO2/c15-10-3-1-9(2-4-10)8-19-13-6-5-11(16)7-12(13)14(17)18/h1-7H,8H2,(H2,17,18). The van der Waals surface area contributed by atoms with Gasteiger partial charge in [0.05, 0.1) is 5.56 Å². The summed E-state index contributed by atoms with van der Waals surface area (Å²) in [5, 5.41) is 1.10. The third-order valence-electron chi connectivity index (χ3n) is 2.51. The lowest BCUT2D eigenvalue weighted by Crippen LogP contribution is -2.13. The molecule has 2 rings (SSSR count). The maximum absolute atomic E-state index is 11.3. The summed E-state index contributed by atoms with van der Waals surface area (Å²) in [6.07, 6.45) is 0. The summed E-state index contributed by atoms with van der Waals surface area (Å²) in [5.41, 5.74) is 6.48. The highest BCUT2D eigenvalue weighted by Gasteiger charge is 2.10. The van der Waals surface area contributed by atoms with Gasteiger partial charge in [-0.05, 0) is 35.9 Å². The van der Waals surface area contributed by atoms with E-state index < -0.39 is 5.91 Å². The Labute approximate surface area is 120 Å². The fourth-order valence-electron chi connectivity index (χ4n) is 1.56. The fourth-order valence-corrected chi connectivity index (χ4v) is 1.86. The molecule has 98 valence electrons. The Bertz CT molecular complexity index is 597. The molecule has 0 heterocycles. The van der Waals surface area contributed by atoms with E-state index in [0.29, 0.717) is 22.4 Å². The summed E-state index contributed by atoms with van der Waals surface area (Å²) in [4.78, 5) is 11.3. The lowest BCUT2D eigenvalue weighted by molar-refractivity contribution is 0.0996. The van der Waals surface area contributed by atoms with Crippen molar-refractivity contribution < 1.29 is 9.53 Å². The van der Waals surface area contributed by atoms with Crippen molar-refractivity contribution in [2.75, 3.05) is 0 Å². The molecule has 0 atom stereocenters. The summed E-state index contributed by atoms with van der Waals surface area (Å²) >= 11 is 11.6. The highest BCUT2D eigenvalue weighted by atomic mass is 35.5. The third kappa shape index (κ3) is 3.63. The van der Waals surface area contributed by atoms with Gasteiger partial charge < -0.3 is 10.5 Å². The molecule has 1 amide bonds. The van der Waals surface area contributed by atoms with Crippen molar-refractivity contribution in [1.29, 1.82) is 0 Å². The minimum Gasteiger partial charge on any atom is -0.488 e. The molecule has 0 aliphatic rings. The van der Waals surface area contributed by atoms with Crippen LogP contribution in [0.5, 0.6) is 5.75 Å². The lowest BCUT2D eigenvalue weighted by Gasteiger charge is -2.10. The van der Waals surface area contributed by atoms with Crippen LogP contribution in [0, 0.1) is 0 Å². The van der Waals surface area contributed by atoms with Crippen LogP contribution in [0.4, 0.5) is 0 Å². The van der Waals surface area contributed by atoms with Crippen molar-refractivity contribution >= 4 is 29.1 Å². The van der Waals surface area contributed by atoms with Crippen LogP contribution < -0.4 is 10.5 Å². The zero-order chi connectivity index (χ0) is 13.8. The van der Waals surface area contributed by atoms with Gasteiger partial charge >= 0.3 is 0 Å². The molecule has 19 heavy (non-hydrogen) atoms. The van der Waals surface area contributed by atoms with Crippen molar-refractivity contribution in [2.45, 2.75) is 6.61 Å². The molecule has 3 nitrogen and oxygen atoms in total. The quantitative estimate of drug-likeness (QED) is 0.935. The van der Waals surface area contributed by atoms with Gasteiger partial charge in [0.2, 0.25) is 0 Å². The number of primary amides is 1.